The number of piperazine rings is 1. The highest BCUT2D eigenvalue weighted by Gasteiger charge is 2.19. The molecule has 0 aliphatic carbocycles. The second kappa shape index (κ2) is 10.2. The summed E-state index contributed by atoms with van der Waals surface area (Å²) >= 11 is 0. The Bertz CT molecular complexity index is 337. The molecule has 0 aromatic carbocycles. The number of likely N-dealkylation sites (tertiary alicyclic amines) is 1. The quantitative estimate of drug-likeness (QED) is 0.688. The second-order valence-electron chi connectivity index (χ2n) is 6.88. The van der Waals surface area contributed by atoms with Crippen molar-refractivity contribution < 1.29 is 9.90 Å². The largest absolute Gasteiger partial charge is 0.390 e. The van der Waals surface area contributed by atoms with Gasteiger partial charge in [-0.2, -0.15) is 0 Å². The van der Waals surface area contributed by atoms with Crippen LogP contribution in [0.25, 0.3) is 0 Å². The fourth-order valence-electron chi connectivity index (χ4n) is 3.44. The van der Waals surface area contributed by atoms with Gasteiger partial charge in [-0.15, -0.1) is 0 Å². The van der Waals surface area contributed by atoms with Crippen LogP contribution in [-0.2, 0) is 4.79 Å². The predicted octanol–water partition coefficient (Wildman–Crippen LogP) is -0.0230. The van der Waals surface area contributed by atoms with Crippen LogP contribution in [0.1, 0.15) is 32.6 Å². The first-order valence-electron chi connectivity index (χ1n) is 9.29. The van der Waals surface area contributed by atoms with Gasteiger partial charge in [0.1, 0.15) is 0 Å². The van der Waals surface area contributed by atoms with Gasteiger partial charge < -0.3 is 20.2 Å². The van der Waals surface area contributed by atoms with Gasteiger partial charge in [-0.1, -0.05) is 19.8 Å². The molecule has 134 valence electrons. The SMILES string of the molecule is CCN1CCN(CC(=O)NCC(O)CN2CCCCCC2)CC1. The Kier molecular flexibility index (Phi) is 8.30. The molecule has 2 aliphatic heterocycles. The number of rotatable bonds is 7. The van der Waals surface area contributed by atoms with Gasteiger partial charge >= 0.3 is 0 Å². The minimum atomic E-state index is -0.464. The lowest BCUT2D eigenvalue weighted by atomic mass is 10.2. The number of aliphatic hydroxyl groups is 1. The van der Waals surface area contributed by atoms with Crippen molar-refractivity contribution in [3.8, 4) is 0 Å². The summed E-state index contributed by atoms with van der Waals surface area (Å²) in [7, 11) is 0. The third-order valence-electron chi connectivity index (χ3n) is 4.98. The molecule has 0 aromatic rings. The zero-order valence-electron chi connectivity index (χ0n) is 14.7. The number of likely N-dealkylation sites (N-methyl/N-ethyl adjacent to an activating group) is 1. The Morgan fingerprint density at radius 3 is 2.17 bits per heavy atom. The van der Waals surface area contributed by atoms with Crippen molar-refractivity contribution in [1.29, 1.82) is 0 Å². The molecule has 6 nitrogen and oxygen atoms in total. The number of carbonyl (C=O) groups excluding carboxylic acids is 1. The summed E-state index contributed by atoms with van der Waals surface area (Å²) in [6.07, 6.45) is 4.59. The standard InChI is InChI=1S/C17H34N4O2/c1-2-19-9-11-21(12-10-19)15-17(23)18-13-16(22)14-20-7-5-3-4-6-8-20/h16,22H,2-15H2,1H3,(H,18,23). The van der Waals surface area contributed by atoms with Crippen LogP contribution in [0.4, 0.5) is 0 Å². The Hall–Kier alpha value is -0.690. The average Bonchev–Trinajstić information content (AvgIpc) is 2.82. The Morgan fingerprint density at radius 1 is 0.957 bits per heavy atom. The lowest BCUT2D eigenvalue weighted by Gasteiger charge is -2.33. The fourth-order valence-corrected chi connectivity index (χ4v) is 3.44. The molecule has 6 heteroatoms. The molecule has 1 unspecified atom stereocenters. The summed E-state index contributed by atoms with van der Waals surface area (Å²) in [5.74, 6) is 0.0323. The monoisotopic (exact) mass is 326 g/mol. The van der Waals surface area contributed by atoms with E-state index in [1.165, 1.54) is 25.7 Å². The van der Waals surface area contributed by atoms with E-state index in [2.05, 4.69) is 26.9 Å². The third kappa shape index (κ3) is 7.16. The smallest absolute Gasteiger partial charge is 0.234 e. The van der Waals surface area contributed by atoms with Gasteiger partial charge in [-0.3, -0.25) is 9.69 Å². The van der Waals surface area contributed by atoms with Crippen LogP contribution in [0, 0.1) is 0 Å². The summed E-state index contributed by atoms with van der Waals surface area (Å²) < 4.78 is 0. The number of hydrogen-bond acceptors (Lipinski definition) is 5. The first kappa shape index (κ1) is 18.6. The van der Waals surface area contributed by atoms with Gasteiger partial charge in [0.15, 0.2) is 0 Å². The maximum atomic E-state index is 12.0. The third-order valence-corrected chi connectivity index (χ3v) is 4.98. The molecule has 2 rings (SSSR count). The maximum Gasteiger partial charge on any atom is 0.234 e. The van der Waals surface area contributed by atoms with Crippen LogP contribution in [-0.4, -0.2) is 97.3 Å². The van der Waals surface area contributed by atoms with Crippen molar-refractivity contribution in [3.05, 3.63) is 0 Å². The van der Waals surface area contributed by atoms with Gasteiger partial charge in [0.25, 0.3) is 0 Å². The fraction of sp³-hybridized carbons (Fsp3) is 0.941. The van der Waals surface area contributed by atoms with Gasteiger partial charge in [0, 0.05) is 39.3 Å². The van der Waals surface area contributed by atoms with E-state index in [9.17, 15) is 9.90 Å². The Morgan fingerprint density at radius 2 is 1.57 bits per heavy atom. The minimum Gasteiger partial charge on any atom is -0.390 e. The number of hydrogen-bond donors (Lipinski definition) is 2. The molecule has 0 spiro atoms. The van der Waals surface area contributed by atoms with Crippen molar-refractivity contribution >= 4 is 5.91 Å². The lowest BCUT2D eigenvalue weighted by molar-refractivity contribution is -0.123. The molecule has 0 aromatic heterocycles. The molecule has 2 fully saturated rings. The van der Waals surface area contributed by atoms with Crippen LogP contribution in [0.5, 0.6) is 0 Å². The maximum absolute atomic E-state index is 12.0. The first-order valence-corrected chi connectivity index (χ1v) is 9.29. The van der Waals surface area contributed by atoms with Crippen LogP contribution < -0.4 is 5.32 Å². The van der Waals surface area contributed by atoms with Crippen LogP contribution >= 0.6 is 0 Å². The topological polar surface area (TPSA) is 59.1 Å². The molecule has 0 bridgehead atoms. The molecule has 0 radical (unpaired) electrons. The van der Waals surface area contributed by atoms with Crippen molar-refractivity contribution in [2.24, 2.45) is 0 Å². The molecule has 23 heavy (non-hydrogen) atoms. The first-order chi connectivity index (χ1) is 11.2. The van der Waals surface area contributed by atoms with E-state index in [0.717, 1.165) is 45.8 Å². The number of carbonyl (C=O) groups is 1. The molecule has 2 saturated heterocycles. The summed E-state index contributed by atoms with van der Waals surface area (Å²) in [5.41, 5.74) is 0. The minimum absolute atomic E-state index is 0.0323. The van der Waals surface area contributed by atoms with E-state index in [4.69, 9.17) is 0 Å². The number of nitrogens with zero attached hydrogens (tertiary/aromatic N) is 3. The zero-order chi connectivity index (χ0) is 16.5. The molecule has 0 saturated carbocycles. The number of β-amino-alcohol motifs (C(OH)–C–C–N with tert-alkyl or cyclic N) is 1. The zero-order valence-corrected chi connectivity index (χ0v) is 14.7. The van der Waals surface area contributed by atoms with Crippen molar-refractivity contribution in [3.63, 3.8) is 0 Å². The summed E-state index contributed by atoms with van der Waals surface area (Å²) in [5, 5.41) is 13.0. The summed E-state index contributed by atoms with van der Waals surface area (Å²) in [4.78, 5) is 18.9. The van der Waals surface area contributed by atoms with E-state index in [1.807, 2.05) is 0 Å². The van der Waals surface area contributed by atoms with Crippen LogP contribution in [0.3, 0.4) is 0 Å². The van der Waals surface area contributed by atoms with Crippen LogP contribution in [0.15, 0.2) is 0 Å². The number of amides is 1. The van der Waals surface area contributed by atoms with Gasteiger partial charge in [-0.05, 0) is 32.5 Å². The molecular formula is C17H34N4O2. The summed E-state index contributed by atoms with van der Waals surface area (Å²) in [6.45, 7) is 10.9. The van der Waals surface area contributed by atoms with Crippen LogP contribution in [0.2, 0.25) is 0 Å². The normalized spacial score (nSPS) is 23.4. The van der Waals surface area contributed by atoms with Gasteiger partial charge in [-0.25, -0.2) is 0 Å². The highest BCUT2D eigenvalue weighted by Crippen LogP contribution is 2.09. The highest BCUT2D eigenvalue weighted by atomic mass is 16.3. The van der Waals surface area contributed by atoms with Gasteiger partial charge in [0.05, 0.1) is 12.6 Å². The van der Waals surface area contributed by atoms with E-state index in [0.29, 0.717) is 19.6 Å². The Balaban J connectivity index is 1.58. The van der Waals surface area contributed by atoms with E-state index in [1.54, 1.807) is 0 Å². The molecule has 2 N–H and O–H groups in total. The van der Waals surface area contributed by atoms with Crippen molar-refractivity contribution in [2.75, 3.05) is 65.4 Å². The summed E-state index contributed by atoms with van der Waals surface area (Å²) in [6, 6.07) is 0. The second-order valence-corrected chi connectivity index (χ2v) is 6.88. The van der Waals surface area contributed by atoms with E-state index >= 15 is 0 Å². The number of nitrogens with one attached hydrogen (secondary N) is 1. The highest BCUT2D eigenvalue weighted by molar-refractivity contribution is 5.78. The number of aliphatic hydroxyl groups excluding tert-OH is 1. The van der Waals surface area contributed by atoms with E-state index < -0.39 is 6.10 Å². The van der Waals surface area contributed by atoms with Crippen molar-refractivity contribution in [2.45, 2.75) is 38.7 Å². The Labute approximate surface area is 140 Å². The van der Waals surface area contributed by atoms with Gasteiger partial charge in [0.2, 0.25) is 5.91 Å². The molecule has 1 amide bonds. The molecular weight excluding hydrogens is 292 g/mol. The average molecular weight is 326 g/mol. The molecule has 1 atom stereocenters. The predicted molar refractivity (Wildman–Crippen MR) is 92.5 cm³/mol. The lowest BCUT2D eigenvalue weighted by Crippen LogP contribution is -2.50. The van der Waals surface area contributed by atoms with Crippen molar-refractivity contribution in [1.82, 2.24) is 20.0 Å². The molecule has 2 heterocycles. The van der Waals surface area contributed by atoms with E-state index in [-0.39, 0.29) is 5.91 Å². The molecule has 2 aliphatic rings.